The van der Waals surface area contributed by atoms with E-state index in [1.165, 1.54) is 19.2 Å². The Kier molecular flexibility index (Phi) is 4.36. The fourth-order valence-corrected chi connectivity index (χ4v) is 2.47. The largest absolute Gasteiger partial charge is 0.364 e. The topological polar surface area (TPSA) is 93.0 Å². The lowest BCUT2D eigenvalue weighted by Gasteiger charge is -2.15. The standard InChI is InChI=1S/C13H21N5O2/c1-3-5-13(6-7-13)8-15-12-10(18(19)20)11(14-4-2)16-9-17-12/h9H,3-8H2,1-2H3,(H2,14,15,16,17). The third kappa shape index (κ3) is 3.15. The average Bonchev–Trinajstić information content (AvgIpc) is 3.17. The summed E-state index contributed by atoms with van der Waals surface area (Å²) in [7, 11) is 0. The Bertz CT molecular complexity index is 488. The van der Waals surface area contributed by atoms with Crippen molar-refractivity contribution in [2.45, 2.75) is 39.5 Å². The van der Waals surface area contributed by atoms with E-state index in [-0.39, 0.29) is 11.5 Å². The maximum atomic E-state index is 11.2. The Morgan fingerprint density at radius 3 is 2.45 bits per heavy atom. The number of rotatable bonds is 8. The van der Waals surface area contributed by atoms with Crippen molar-refractivity contribution in [3.8, 4) is 0 Å². The van der Waals surface area contributed by atoms with Crippen LogP contribution in [-0.2, 0) is 0 Å². The van der Waals surface area contributed by atoms with Gasteiger partial charge in [0.05, 0.1) is 4.92 Å². The highest BCUT2D eigenvalue weighted by molar-refractivity contribution is 5.69. The number of hydrogen-bond donors (Lipinski definition) is 2. The van der Waals surface area contributed by atoms with Gasteiger partial charge in [0.2, 0.25) is 11.6 Å². The van der Waals surface area contributed by atoms with Crippen LogP contribution in [0.3, 0.4) is 0 Å². The minimum Gasteiger partial charge on any atom is -0.364 e. The smallest absolute Gasteiger partial charge is 0.353 e. The van der Waals surface area contributed by atoms with Crippen molar-refractivity contribution in [3.05, 3.63) is 16.4 Å². The van der Waals surface area contributed by atoms with Crippen molar-refractivity contribution in [3.63, 3.8) is 0 Å². The number of nitrogens with zero attached hydrogens (tertiary/aromatic N) is 3. The van der Waals surface area contributed by atoms with Crippen LogP contribution >= 0.6 is 0 Å². The second-order valence-corrected chi connectivity index (χ2v) is 5.31. The monoisotopic (exact) mass is 279 g/mol. The quantitative estimate of drug-likeness (QED) is 0.561. The molecule has 1 heterocycles. The minimum absolute atomic E-state index is 0.0679. The number of aromatic nitrogens is 2. The molecule has 0 spiro atoms. The van der Waals surface area contributed by atoms with Gasteiger partial charge in [-0.25, -0.2) is 9.97 Å². The van der Waals surface area contributed by atoms with Gasteiger partial charge in [0.1, 0.15) is 6.33 Å². The third-order valence-electron chi connectivity index (χ3n) is 3.72. The summed E-state index contributed by atoms with van der Waals surface area (Å²) in [6.45, 7) is 5.36. The van der Waals surface area contributed by atoms with Gasteiger partial charge < -0.3 is 10.6 Å². The van der Waals surface area contributed by atoms with Crippen LogP contribution in [0.2, 0.25) is 0 Å². The SMILES string of the molecule is CCCC1(CNc2ncnc(NCC)c2[N+](=O)[O-])CC1. The molecule has 1 aromatic rings. The van der Waals surface area contributed by atoms with Crippen molar-refractivity contribution in [1.29, 1.82) is 0 Å². The fourth-order valence-electron chi connectivity index (χ4n) is 2.47. The van der Waals surface area contributed by atoms with Gasteiger partial charge in [-0.05, 0) is 31.6 Å². The van der Waals surface area contributed by atoms with Crippen LogP contribution in [-0.4, -0.2) is 28.0 Å². The normalized spacial score (nSPS) is 15.7. The highest BCUT2D eigenvalue weighted by atomic mass is 16.6. The van der Waals surface area contributed by atoms with Gasteiger partial charge in [-0.2, -0.15) is 0 Å². The zero-order valence-electron chi connectivity index (χ0n) is 12.0. The van der Waals surface area contributed by atoms with Crippen LogP contribution < -0.4 is 10.6 Å². The van der Waals surface area contributed by atoms with Gasteiger partial charge in [0, 0.05) is 13.1 Å². The first-order chi connectivity index (χ1) is 9.62. The molecule has 0 radical (unpaired) electrons. The molecule has 2 rings (SSSR count). The summed E-state index contributed by atoms with van der Waals surface area (Å²) in [5, 5.41) is 17.3. The molecule has 0 bridgehead atoms. The van der Waals surface area contributed by atoms with E-state index in [1.807, 2.05) is 6.92 Å². The van der Waals surface area contributed by atoms with Gasteiger partial charge in [-0.1, -0.05) is 13.3 Å². The number of nitrogens with one attached hydrogen (secondary N) is 2. The van der Waals surface area contributed by atoms with E-state index in [9.17, 15) is 10.1 Å². The molecule has 20 heavy (non-hydrogen) atoms. The molecule has 0 unspecified atom stereocenters. The Morgan fingerprint density at radius 1 is 1.30 bits per heavy atom. The molecule has 0 aromatic carbocycles. The van der Waals surface area contributed by atoms with Gasteiger partial charge in [0.15, 0.2) is 0 Å². The molecule has 1 fully saturated rings. The van der Waals surface area contributed by atoms with E-state index >= 15 is 0 Å². The van der Waals surface area contributed by atoms with E-state index in [1.54, 1.807) is 0 Å². The second kappa shape index (κ2) is 6.02. The first kappa shape index (κ1) is 14.5. The van der Waals surface area contributed by atoms with Crippen molar-refractivity contribution >= 4 is 17.3 Å². The molecule has 0 amide bonds. The predicted molar refractivity (Wildman–Crippen MR) is 77.9 cm³/mol. The van der Waals surface area contributed by atoms with Crippen LogP contribution in [0.1, 0.15) is 39.5 Å². The molecule has 1 aliphatic rings. The highest BCUT2D eigenvalue weighted by Crippen LogP contribution is 2.49. The molecule has 1 aliphatic carbocycles. The lowest BCUT2D eigenvalue weighted by atomic mass is 10.0. The van der Waals surface area contributed by atoms with Gasteiger partial charge in [-0.3, -0.25) is 10.1 Å². The van der Waals surface area contributed by atoms with Crippen LogP contribution in [0.15, 0.2) is 6.33 Å². The van der Waals surface area contributed by atoms with Crippen LogP contribution in [0.4, 0.5) is 17.3 Å². The van der Waals surface area contributed by atoms with Crippen molar-refractivity contribution < 1.29 is 4.92 Å². The van der Waals surface area contributed by atoms with Gasteiger partial charge in [0.25, 0.3) is 0 Å². The fraction of sp³-hybridized carbons (Fsp3) is 0.692. The Hall–Kier alpha value is -1.92. The first-order valence-corrected chi connectivity index (χ1v) is 7.09. The van der Waals surface area contributed by atoms with Crippen LogP contribution in [0, 0.1) is 15.5 Å². The molecule has 0 aliphatic heterocycles. The molecule has 7 nitrogen and oxygen atoms in total. The van der Waals surface area contributed by atoms with Crippen LogP contribution in [0.25, 0.3) is 0 Å². The van der Waals surface area contributed by atoms with E-state index in [2.05, 4.69) is 27.5 Å². The molecule has 0 atom stereocenters. The maximum absolute atomic E-state index is 11.2. The maximum Gasteiger partial charge on any atom is 0.353 e. The minimum atomic E-state index is -0.431. The first-order valence-electron chi connectivity index (χ1n) is 7.09. The lowest BCUT2D eigenvalue weighted by Crippen LogP contribution is -2.17. The summed E-state index contributed by atoms with van der Waals surface area (Å²) < 4.78 is 0. The van der Waals surface area contributed by atoms with Crippen molar-refractivity contribution in [1.82, 2.24) is 9.97 Å². The summed E-state index contributed by atoms with van der Waals surface area (Å²) >= 11 is 0. The van der Waals surface area contributed by atoms with Gasteiger partial charge >= 0.3 is 5.69 Å². The third-order valence-corrected chi connectivity index (χ3v) is 3.72. The summed E-state index contributed by atoms with van der Waals surface area (Å²) in [5.41, 5.74) is 0.244. The number of anilines is 2. The van der Waals surface area contributed by atoms with E-state index in [0.29, 0.717) is 17.8 Å². The molecular weight excluding hydrogens is 258 g/mol. The zero-order valence-corrected chi connectivity index (χ0v) is 12.0. The molecule has 7 heteroatoms. The second-order valence-electron chi connectivity index (χ2n) is 5.31. The zero-order chi connectivity index (χ0) is 14.6. The number of nitro groups is 1. The molecule has 2 N–H and O–H groups in total. The molecule has 1 aromatic heterocycles. The van der Waals surface area contributed by atoms with Gasteiger partial charge in [-0.15, -0.1) is 0 Å². The Labute approximate surface area is 118 Å². The predicted octanol–water partition coefficient (Wildman–Crippen LogP) is 2.81. The van der Waals surface area contributed by atoms with E-state index in [4.69, 9.17) is 0 Å². The van der Waals surface area contributed by atoms with Crippen molar-refractivity contribution in [2.24, 2.45) is 5.41 Å². The van der Waals surface area contributed by atoms with E-state index in [0.717, 1.165) is 19.4 Å². The molecular formula is C13H21N5O2. The molecule has 1 saturated carbocycles. The summed E-state index contributed by atoms with van der Waals surface area (Å²) in [6, 6.07) is 0. The summed E-state index contributed by atoms with van der Waals surface area (Å²) in [4.78, 5) is 18.8. The highest BCUT2D eigenvalue weighted by Gasteiger charge is 2.41. The van der Waals surface area contributed by atoms with Crippen molar-refractivity contribution in [2.75, 3.05) is 23.7 Å². The Balaban J connectivity index is 2.14. The number of hydrogen-bond acceptors (Lipinski definition) is 6. The molecule has 0 saturated heterocycles. The lowest BCUT2D eigenvalue weighted by molar-refractivity contribution is -0.383. The summed E-state index contributed by atoms with van der Waals surface area (Å²) in [5.74, 6) is 0.582. The Morgan fingerprint density at radius 2 is 1.95 bits per heavy atom. The summed E-state index contributed by atoms with van der Waals surface area (Å²) in [6.07, 6.45) is 6.02. The average molecular weight is 279 g/mol. The molecule has 110 valence electrons. The van der Waals surface area contributed by atoms with Crippen LogP contribution in [0.5, 0.6) is 0 Å². The van der Waals surface area contributed by atoms with E-state index < -0.39 is 4.92 Å².